The molecule has 2 aromatic carbocycles. The molecule has 0 aliphatic heterocycles. The van der Waals surface area contributed by atoms with E-state index >= 15 is 0 Å². The first kappa shape index (κ1) is 18.9. The number of carbonyl (C=O) groups excluding carboxylic acids is 1. The number of rotatable bonds is 7. The van der Waals surface area contributed by atoms with Gasteiger partial charge in [0, 0.05) is 16.7 Å². The molecule has 0 saturated heterocycles. The Morgan fingerprint density at radius 1 is 1.12 bits per heavy atom. The molecule has 2 aromatic rings. The van der Waals surface area contributed by atoms with Crippen LogP contribution in [0.15, 0.2) is 41.5 Å². The maximum Gasteiger partial charge on any atom is 0.277 e. The monoisotopic (exact) mass is 382 g/mol. The standard InChI is InChI=1S/C17H16Cl2N2O4/c1-23-15-7-11(14(19)8-16(15)24-2)9-20-21-17(22)10-25-13-5-3-12(18)4-6-13/h3-9H,10H2,1-2H3,(H,21,22)/b20-9+. The molecule has 0 radical (unpaired) electrons. The van der Waals surface area contributed by atoms with Crippen LogP contribution in [0.4, 0.5) is 0 Å². The van der Waals surface area contributed by atoms with Gasteiger partial charge in [-0.1, -0.05) is 23.2 Å². The molecule has 0 aliphatic rings. The number of hydrazone groups is 1. The fourth-order valence-corrected chi connectivity index (χ4v) is 2.18. The Hall–Kier alpha value is -2.44. The molecule has 6 nitrogen and oxygen atoms in total. The van der Waals surface area contributed by atoms with Crippen LogP contribution in [-0.4, -0.2) is 32.9 Å². The zero-order valence-corrected chi connectivity index (χ0v) is 15.1. The lowest BCUT2D eigenvalue weighted by Gasteiger charge is -2.09. The first-order chi connectivity index (χ1) is 12.0. The Kier molecular flexibility index (Phi) is 6.91. The van der Waals surface area contributed by atoms with Crippen molar-refractivity contribution in [3.8, 4) is 17.2 Å². The first-order valence-electron chi connectivity index (χ1n) is 7.15. The maximum atomic E-state index is 11.7. The number of methoxy groups -OCH3 is 2. The van der Waals surface area contributed by atoms with Crippen LogP contribution in [0.3, 0.4) is 0 Å². The van der Waals surface area contributed by atoms with Crippen molar-refractivity contribution >= 4 is 35.3 Å². The van der Waals surface area contributed by atoms with Crippen LogP contribution in [-0.2, 0) is 4.79 Å². The normalized spacial score (nSPS) is 10.6. The van der Waals surface area contributed by atoms with Crippen molar-refractivity contribution < 1.29 is 19.0 Å². The Balaban J connectivity index is 1.91. The van der Waals surface area contributed by atoms with Gasteiger partial charge in [0.05, 0.1) is 25.5 Å². The highest BCUT2D eigenvalue weighted by Crippen LogP contribution is 2.32. The number of hydrogen-bond acceptors (Lipinski definition) is 5. The van der Waals surface area contributed by atoms with Crippen molar-refractivity contribution in [2.24, 2.45) is 5.10 Å². The molecule has 8 heteroatoms. The molecule has 1 N–H and O–H groups in total. The number of carbonyl (C=O) groups is 1. The third kappa shape index (κ3) is 5.55. The minimum Gasteiger partial charge on any atom is -0.493 e. The molecule has 2 rings (SSSR count). The van der Waals surface area contributed by atoms with E-state index in [1.807, 2.05) is 0 Å². The summed E-state index contributed by atoms with van der Waals surface area (Å²) in [5, 5.41) is 4.85. The van der Waals surface area contributed by atoms with E-state index in [4.69, 9.17) is 37.4 Å². The summed E-state index contributed by atoms with van der Waals surface area (Å²) < 4.78 is 15.6. The van der Waals surface area contributed by atoms with Crippen LogP contribution in [0.1, 0.15) is 5.56 Å². The van der Waals surface area contributed by atoms with E-state index < -0.39 is 5.91 Å². The summed E-state index contributed by atoms with van der Waals surface area (Å²) in [6, 6.07) is 9.94. The zero-order chi connectivity index (χ0) is 18.2. The third-order valence-corrected chi connectivity index (χ3v) is 3.66. The SMILES string of the molecule is COc1cc(Cl)c(/C=N/NC(=O)COc2ccc(Cl)cc2)cc1OC. The number of amides is 1. The van der Waals surface area contributed by atoms with Crippen LogP contribution in [0.2, 0.25) is 10.0 Å². The molecular formula is C17H16Cl2N2O4. The van der Waals surface area contributed by atoms with Gasteiger partial charge >= 0.3 is 0 Å². The van der Waals surface area contributed by atoms with Gasteiger partial charge in [0.15, 0.2) is 18.1 Å². The molecule has 0 fully saturated rings. The van der Waals surface area contributed by atoms with Gasteiger partial charge in [0.2, 0.25) is 0 Å². The fourth-order valence-electron chi connectivity index (χ4n) is 1.85. The largest absolute Gasteiger partial charge is 0.493 e. The lowest BCUT2D eigenvalue weighted by molar-refractivity contribution is -0.123. The molecule has 0 spiro atoms. The number of nitrogens with zero attached hydrogens (tertiary/aromatic N) is 1. The highest BCUT2D eigenvalue weighted by molar-refractivity contribution is 6.33. The number of ether oxygens (including phenoxy) is 3. The summed E-state index contributed by atoms with van der Waals surface area (Å²) in [7, 11) is 3.03. The van der Waals surface area contributed by atoms with E-state index in [-0.39, 0.29) is 6.61 Å². The molecule has 0 aromatic heterocycles. The van der Waals surface area contributed by atoms with E-state index in [0.717, 1.165) is 0 Å². The average Bonchev–Trinajstić information content (AvgIpc) is 2.62. The average molecular weight is 383 g/mol. The molecule has 0 saturated carbocycles. The van der Waals surface area contributed by atoms with E-state index in [0.29, 0.717) is 32.9 Å². The van der Waals surface area contributed by atoms with E-state index in [1.54, 1.807) is 36.4 Å². The molecule has 1 amide bonds. The van der Waals surface area contributed by atoms with Crippen molar-refractivity contribution in [3.05, 3.63) is 52.0 Å². The van der Waals surface area contributed by atoms with Crippen LogP contribution in [0.5, 0.6) is 17.2 Å². The van der Waals surface area contributed by atoms with Gasteiger partial charge in [-0.05, 0) is 30.3 Å². The lowest BCUT2D eigenvalue weighted by Crippen LogP contribution is -2.24. The summed E-state index contributed by atoms with van der Waals surface area (Å²) in [6.07, 6.45) is 1.41. The predicted octanol–water partition coefficient (Wildman–Crippen LogP) is 3.54. The van der Waals surface area contributed by atoms with Crippen molar-refractivity contribution in [1.82, 2.24) is 5.43 Å². The van der Waals surface area contributed by atoms with Crippen molar-refractivity contribution in [1.29, 1.82) is 0 Å². The van der Waals surface area contributed by atoms with Crippen LogP contribution in [0.25, 0.3) is 0 Å². The second-order valence-electron chi connectivity index (χ2n) is 4.76. The summed E-state index contributed by atoms with van der Waals surface area (Å²) in [6.45, 7) is -0.182. The topological polar surface area (TPSA) is 69.2 Å². The summed E-state index contributed by atoms with van der Waals surface area (Å²) in [5.74, 6) is 1.13. The highest BCUT2D eigenvalue weighted by atomic mass is 35.5. The van der Waals surface area contributed by atoms with Gasteiger partial charge < -0.3 is 14.2 Å². The van der Waals surface area contributed by atoms with Crippen LogP contribution < -0.4 is 19.6 Å². The second-order valence-corrected chi connectivity index (χ2v) is 5.61. The first-order valence-corrected chi connectivity index (χ1v) is 7.91. The summed E-state index contributed by atoms with van der Waals surface area (Å²) in [5.41, 5.74) is 2.92. The Labute approximate surface area is 155 Å². The molecule has 0 atom stereocenters. The summed E-state index contributed by atoms with van der Waals surface area (Å²) in [4.78, 5) is 11.7. The minimum atomic E-state index is -0.414. The molecule has 25 heavy (non-hydrogen) atoms. The maximum absolute atomic E-state index is 11.7. The zero-order valence-electron chi connectivity index (χ0n) is 13.6. The van der Waals surface area contributed by atoms with Crippen molar-refractivity contribution in [2.75, 3.05) is 20.8 Å². The van der Waals surface area contributed by atoms with Crippen LogP contribution >= 0.6 is 23.2 Å². The number of benzene rings is 2. The highest BCUT2D eigenvalue weighted by Gasteiger charge is 2.08. The lowest BCUT2D eigenvalue weighted by atomic mass is 10.2. The number of nitrogens with one attached hydrogen (secondary N) is 1. The van der Waals surface area contributed by atoms with Crippen molar-refractivity contribution in [3.63, 3.8) is 0 Å². The van der Waals surface area contributed by atoms with Gasteiger partial charge in [0.25, 0.3) is 5.91 Å². The molecule has 0 heterocycles. The molecule has 0 aliphatic carbocycles. The van der Waals surface area contributed by atoms with E-state index in [9.17, 15) is 4.79 Å². The van der Waals surface area contributed by atoms with Gasteiger partial charge in [-0.15, -0.1) is 0 Å². The molecule has 0 bridgehead atoms. The smallest absolute Gasteiger partial charge is 0.277 e. The van der Waals surface area contributed by atoms with E-state index in [1.165, 1.54) is 20.4 Å². The van der Waals surface area contributed by atoms with E-state index in [2.05, 4.69) is 10.5 Å². The molecule has 0 unspecified atom stereocenters. The third-order valence-electron chi connectivity index (χ3n) is 3.08. The van der Waals surface area contributed by atoms with Crippen LogP contribution in [0, 0.1) is 0 Å². The fraction of sp³-hybridized carbons (Fsp3) is 0.176. The minimum absolute atomic E-state index is 0.182. The Morgan fingerprint density at radius 3 is 2.40 bits per heavy atom. The van der Waals surface area contributed by atoms with Crippen molar-refractivity contribution in [2.45, 2.75) is 0 Å². The quantitative estimate of drug-likeness (QED) is 0.587. The Bertz CT molecular complexity index is 764. The molecule has 132 valence electrons. The summed E-state index contributed by atoms with van der Waals surface area (Å²) >= 11 is 11.9. The van der Waals surface area contributed by atoms with Gasteiger partial charge in [-0.25, -0.2) is 5.43 Å². The second kappa shape index (κ2) is 9.15. The number of halogens is 2. The van der Waals surface area contributed by atoms with Gasteiger partial charge in [0.1, 0.15) is 5.75 Å². The molecular weight excluding hydrogens is 367 g/mol. The number of hydrogen-bond donors (Lipinski definition) is 1. The van der Waals surface area contributed by atoms with Gasteiger partial charge in [-0.2, -0.15) is 5.10 Å². The Morgan fingerprint density at radius 2 is 1.76 bits per heavy atom. The predicted molar refractivity (Wildman–Crippen MR) is 97.2 cm³/mol. The van der Waals surface area contributed by atoms with Gasteiger partial charge in [-0.3, -0.25) is 4.79 Å².